The molecule has 1 aromatic carbocycles. The molecule has 0 aliphatic rings. The van der Waals surface area contributed by atoms with Crippen LogP contribution in [0.2, 0.25) is 0 Å². The molecule has 1 atom stereocenters. The zero-order valence-corrected chi connectivity index (χ0v) is 11.3. The zero-order valence-electron chi connectivity index (χ0n) is 11.3. The van der Waals surface area contributed by atoms with Gasteiger partial charge in [0, 0.05) is 12.0 Å². The van der Waals surface area contributed by atoms with Crippen LogP contribution in [0.15, 0.2) is 18.2 Å². The molecule has 1 rings (SSSR count). The second-order valence-electron chi connectivity index (χ2n) is 4.61. The Bertz CT molecular complexity index is 376. The van der Waals surface area contributed by atoms with Gasteiger partial charge in [0.25, 0.3) is 0 Å². The van der Waals surface area contributed by atoms with Gasteiger partial charge < -0.3 is 15.2 Å². The first-order valence-corrected chi connectivity index (χ1v) is 5.58. The Kier molecular flexibility index (Phi) is 4.37. The predicted molar refractivity (Wildman–Crippen MR) is 69.5 cm³/mol. The minimum absolute atomic E-state index is 0.417. The highest BCUT2D eigenvalue weighted by Gasteiger charge is 2.23. The fourth-order valence-electron chi connectivity index (χ4n) is 1.56. The van der Waals surface area contributed by atoms with Crippen molar-refractivity contribution in [3.8, 4) is 11.5 Å². The molecule has 0 spiro atoms. The minimum Gasteiger partial charge on any atom is -0.497 e. The summed E-state index contributed by atoms with van der Waals surface area (Å²) < 4.78 is 10.6. The lowest BCUT2D eigenvalue weighted by molar-refractivity contribution is 0.178. The van der Waals surface area contributed by atoms with Crippen LogP contribution in [0.5, 0.6) is 11.5 Å². The molecule has 2 N–H and O–H groups in total. The van der Waals surface area contributed by atoms with Crippen LogP contribution >= 0.6 is 0 Å². The summed E-state index contributed by atoms with van der Waals surface area (Å²) in [6.07, 6.45) is 0.695. The van der Waals surface area contributed by atoms with Gasteiger partial charge in [-0.15, -0.1) is 0 Å². The lowest BCUT2D eigenvalue weighted by Crippen LogP contribution is -2.51. The van der Waals surface area contributed by atoms with E-state index < -0.39 is 5.66 Å². The standard InChI is InChI=1S/C13H22N2O2/c1-13(14,15(2)3)9-10-8-11(16-4)6-7-12(10)17-5/h6-8H,9,14H2,1-5H3. The van der Waals surface area contributed by atoms with Crippen LogP contribution in [0.3, 0.4) is 0 Å². The van der Waals surface area contributed by atoms with Crippen LogP contribution in [0, 0.1) is 0 Å². The van der Waals surface area contributed by atoms with Crippen LogP contribution in [-0.4, -0.2) is 38.9 Å². The number of nitrogens with two attached hydrogens (primary N) is 1. The maximum atomic E-state index is 6.24. The predicted octanol–water partition coefficient (Wildman–Crippen LogP) is 1.48. The smallest absolute Gasteiger partial charge is 0.122 e. The Morgan fingerprint density at radius 1 is 1.24 bits per heavy atom. The van der Waals surface area contributed by atoms with Crippen LogP contribution < -0.4 is 15.2 Å². The molecule has 1 unspecified atom stereocenters. The van der Waals surface area contributed by atoms with Crippen LogP contribution in [0.1, 0.15) is 12.5 Å². The lowest BCUT2D eigenvalue weighted by Gasteiger charge is -2.32. The first-order valence-electron chi connectivity index (χ1n) is 5.58. The van der Waals surface area contributed by atoms with Gasteiger partial charge in [-0.2, -0.15) is 0 Å². The molecule has 0 aromatic heterocycles. The summed E-state index contributed by atoms with van der Waals surface area (Å²) in [6.45, 7) is 1.99. The molecule has 0 aliphatic heterocycles. The van der Waals surface area contributed by atoms with E-state index in [1.54, 1.807) is 14.2 Å². The molecule has 4 nitrogen and oxygen atoms in total. The summed E-state index contributed by atoms with van der Waals surface area (Å²) in [5.74, 6) is 1.65. The van der Waals surface area contributed by atoms with Crippen molar-refractivity contribution in [3.05, 3.63) is 23.8 Å². The third-order valence-corrected chi connectivity index (χ3v) is 3.06. The molecule has 0 saturated heterocycles. The maximum absolute atomic E-state index is 6.24. The highest BCUT2D eigenvalue weighted by molar-refractivity contribution is 5.41. The number of likely N-dealkylation sites (N-methyl/N-ethyl adjacent to an activating group) is 1. The SMILES string of the molecule is COc1ccc(OC)c(CC(C)(N)N(C)C)c1. The van der Waals surface area contributed by atoms with Crippen molar-refractivity contribution in [1.29, 1.82) is 0 Å². The Morgan fingerprint density at radius 3 is 2.35 bits per heavy atom. The largest absolute Gasteiger partial charge is 0.497 e. The van der Waals surface area contributed by atoms with E-state index in [1.165, 1.54) is 0 Å². The fourth-order valence-corrected chi connectivity index (χ4v) is 1.56. The van der Waals surface area contributed by atoms with E-state index in [4.69, 9.17) is 15.2 Å². The molecule has 17 heavy (non-hydrogen) atoms. The second kappa shape index (κ2) is 5.38. The fraction of sp³-hybridized carbons (Fsp3) is 0.538. The van der Waals surface area contributed by atoms with Crippen LogP contribution in [0.4, 0.5) is 0 Å². The number of benzene rings is 1. The molecule has 4 heteroatoms. The van der Waals surface area contributed by atoms with Gasteiger partial charge in [0.15, 0.2) is 0 Å². The molecule has 0 heterocycles. The maximum Gasteiger partial charge on any atom is 0.122 e. The Balaban J connectivity index is 3.03. The van der Waals surface area contributed by atoms with E-state index in [0.717, 1.165) is 17.1 Å². The number of methoxy groups -OCH3 is 2. The summed E-state index contributed by atoms with van der Waals surface area (Å²) in [5, 5.41) is 0. The summed E-state index contributed by atoms with van der Waals surface area (Å²) >= 11 is 0. The monoisotopic (exact) mass is 238 g/mol. The second-order valence-corrected chi connectivity index (χ2v) is 4.61. The van der Waals surface area contributed by atoms with Gasteiger partial charge in [-0.1, -0.05) is 0 Å². The molecular weight excluding hydrogens is 216 g/mol. The number of hydrogen-bond donors (Lipinski definition) is 1. The molecule has 96 valence electrons. The average Bonchev–Trinajstić information content (AvgIpc) is 2.28. The van der Waals surface area contributed by atoms with Crippen LogP contribution in [0.25, 0.3) is 0 Å². The Hall–Kier alpha value is -1.26. The number of rotatable bonds is 5. The van der Waals surface area contributed by atoms with Crippen molar-refractivity contribution in [3.63, 3.8) is 0 Å². The number of ether oxygens (including phenoxy) is 2. The van der Waals surface area contributed by atoms with Crippen molar-refractivity contribution < 1.29 is 9.47 Å². The van der Waals surface area contributed by atoms with Gasteiger partial charge in [0.1, 0.15) is 11.5 Å². The molecule has 0 saturated carbocycles. The summed E-state index contributed by atoms with van der Waals surface area (Å²) in [4.78, 5) is 1.99. The minimum atomic E-state index is -0.417. The topological polar surface area (TPSA) is 47.7 Å². The first kappa shape index (κ1) is 13.8. The van der Waals surface area contributed by atoms with Gasteiger partial charge in [0.05, 0.1) is 19.9 Å². The van der Waals surface area contributed by atoms with Crippen molar-refractivity contribution in [2.45, 2.75) is 19.0 Å². The molecule has 0 aliphatic carbocycles. The van der Waals surface area contributed by atoms with E-state index in [2.05, 4.69) is 0 Å². The van der Waals surface area contributed by atoms with Crippen LogP contribution in [-0.2, 0) is 6.42 Å². The van der Waals surface area contributed by atoms with E-state index >= 15 is 0 Å². The van der Waals surface area contributed by atoms with Gasteiger partial charge >= 0.3 is 0 Å². The summed E-state index contributed by atoms with van der Waals surface area (Å²) in [6, 6.07) is 5.75. The van der Waals surface area contributed by atoms with E-state index in [0.29, 0.717) is 6.42 Å². The molecule has 1 aromatic rings. The van der Waals surface area contributed by atoms with E-state index in [9.17, 15) is 0 Å². The van der Waals surface area contributed by atoms with E-state index in [-0.39, 0.29) is 0 Å². The normalized spacial score (nSPS) is 14.5. The third-order valence-electron chi connectivity index (χ3n) is 3.06. The number of hydrogen-bond acceptors (Lipinski definition) is 4. The van der Waals surface area contributed by atoms with Gasteiger partial charge in [-0.25, -0.2) is 0 Å². The Morgan fingerprint density at radius 2 is 1.88 bits per heavy atom. The summed E-state index contributed by atoms with van der Waals surface area (Å²) in [7, 11) is 7.24. The molecular formula is C13H22N2O2. The number of nitrogens with zero attached hydrogens (tertiary/aromatic N) is 1. The summed E-state index contributed by atoms with van der Waals surface area (Å²) in [5.41, 5.74) is 6.87. The highest BCUT2D eigenvalue weighted by atomic mass is 16.5. The van der Waals surface area contributed by atoms with Crippen molar-refractivity contribution in [1.82, 2.24) is 4.90 Å². The van der Waals surface area contributed by atoms with Gasteiger partial charge in [-0.3, -0.25) is 4.90 Å². The molecule has 0 amide bonds. The zero-order chi connectivity index (χ0) is 13.1. The Labute approximate surface area is 103 Å². The van der Waals surface area contributed by atoms with Crippen molar-refractivity contribution in [2.24, 2.45) is 5.73 Å². The van der Waals surface area contributed by atoms with E-state index in [1.807, 2.05) is 44.1 Å². The van der Waals surface area contributed by atoms with Gasteiger partial charge in [-0.05, 0) is 39.2 Å². The lowest BCUT2D eigenvalue weighted by atomic mass is 10.00. The highest BCUT2D eigenvalue weighted by Crippen LogP contribution is 2.27. The molecule has 0 radical (unpaired) electrons. The molecule has 0 fully saturated rings. The quantitative estimate of drug-likeness (QED) is 0.789. The molecule has 0 bridgehead atoms. The average molecular weight is 238 g/mol. The van der Waals surface area contributed by atoms with Crippen molar-refractivity contribution in [2.75, 3.05) is 28.3 Å². The van der Waals surface area contributed by atoms with Gasteiger partial charge in [0.2, 0.25) is 0 Å². The van der Waals surface area contributed by atoms with Crippen molar-refractivity contribution >= 4 is 0 Å². The third kappa shape index (κ3) is 3.35. The first-order chi connectivity index (χ1) is 7.90.